The van der Waals surface area contributed by atoms with Crippen LogP contribution >= 0.6 is 47.0 Å². The Morgan fingerprint density at radius 3 is 1.04 bits per heavy atom. The van der Waals surface area contributed by atoms with Gasteiger partial charge in [0, 0.05) is 27.1 Å². The number of carbonyl (C=O) groups is 1. The van der Waals surface area contributed by atoms with Crippen LogP contribution in [0, 0.1) is 0 Å². The van der Waals surface area contributed by atoms with E-state index in [1.54, 1.807) is 0 Å². The molecular weight excluding hydrogens is 1050 g/mol. The molecule has 2 heterocycles. The van der Waals surface area contributed by atoms with Crippen LogP contribution in [0.4, 0.5) is 0 Å². The van der Waals surface area contributed by atoms with Gasteiger partial charge in [0.15, 0.2) is 0 Å². The average Bonchev–Trinajstić information content (AvgIpc) is 4.37. The van der Waals surface area contributed by atoms with Gasteiger partial charge >= 0.3 is 0 Å². The molecule has 3 nitrogen and oxygen atoms in total. The van der Waals surface area contributed by atoms with E-state index in [-0.39, 0.29) is 0 Å². The number of fused-ring (bicyclic) bond motifs is 2. The minimum atomic E-state index is 0.663. The van der Waals surface area contributed by atoms with Gasteiger partial charge in [-0.05, 0) is 119 Å². The van der Waals surface area contributed by atoms with Gasteiger partial charge in [-0.25, -0.2) is 0 Å². The van der Waals surface area contributed by atoms with Crippen LogP contribution in [0.15, 0.2) is 173 Å². The first kappa shape index (κ1) is 56.2. The molecular formula is C73H66O3S4. The first-order chi connectivity index (χ1) is 39.5. The molecule has 2 aliphatic rings. The second-order valence-electron chi connectivity index (χ2n) is 19.9. The van der Waals surface area contributed by atoms with E-state index >= 15 is 0 Å². The Hall–Kier alpha value is -7.13. The third-order valence-corrected chi connectivity index (χ3v) is 18.4. The minimum absolute atomic E-state index is 0.663. The molecule has 0 bridgehead atoms. The summed E-state index contributed by atoms with van der Waals surface area (Å²) < 4.78 is 15.8. The van der Waals surface area contributed by atoms with Gasteiger partial charge in [0.05, 0.1) is 21.7 Å². The van der Waals surface area contributed by atoms with Crippen molar-refractivity contribution in [3.63, 3.8) is 0 Å². The summed E-state index contributed by atoms with van der Waals surface area (Å²) in [6.45, 7) is 5.80. The first-order valence-corrected chi connectivity index (χ1v) is 31.4. The number of carbonyl (C=O) groups excluding carboxylic acids is 1. The molecule has 8 aromatic rings. The van der Waals surface area contributed by atoms with Crippen molar-refractivity contribution in [3.8, 4) is 11.5 Å². The molecule has 0 saturated heterocycles. The van der Waals surface area contributed by atoms with Crippen molar-refractivity contribution in [2.75, 3.05) is 13.2 Å². The van der Waals surface area contributed by atoms with Gasteiger partial charge in [-0.2, -0.15) is 0 Å². The van der Waals surface area contributed by atoms with Crippen LogP contribution in [-0.4, -0.2) is 19.5 Å². The van der Waals surface area contributed by atoms with E-state index < -0.39 is 0 Å². The van der Waals surface area contributed by atoms with E-state index in [1.807, 2.05) is 71.3 Å². The van der Waals surface area contributed by atoms with Crippen molar-refractivity contribution in [3.05, 3.63) is 245 Å². The maximum atomic E-state index is 11.1. The van der Waals surface area contributed by atoms with Crippen molar-refractivity contribution in [2.24, 2.45) is 0 Å². The smallest absolute Gasteiger partial charge is 0.150 e. The number of unbranched alkanes of at least 4 members (excludes halogenated alkanes) is 6. The largest absolute Gasteiger partial charge is 0.493 e. The Kier molecular flexibility index (Phi) is 20.2. The summed E-state index contributed by atoms with van der Waals surface area (Å²) in [6.07, 6.45) is 31.6. The lowest BCUT2D eigenvalue weighted by atomic mass is 9.97. The molecule has 0 aliphatic carbocycles. The zero-order chi connectivity index (χ0) is 54.7. The van der Waals surface area contributed by atoms with Crippen molar-refractivity contribution < 1.29 is 14.3 Å². The second kappa shape index (κ2) is 28.8. The summed E-state index contributed by atoms with van der Waals surface area (Å²) in [5.41, 5.74) is 11.7. The Balaban J connectivity index is 0.832. The van der Waals surface area contributed by atoms with Gasteiger partial charge in [0.25, 0.3) is 0 Å². The molecule has 0 fully saturated rings. The van der Waals surface area contributed by atoms with E-state index in [0.717, 1.165) is 93.5 Å². The molecule has 0 N–H and O–H groups in total. The Morgan fingerprint density at radius 1 is 0.338 bits per heavy atom. The summed E-state index contributed by atoms with van der Waals surface area (Å²) in [5, 5.41) is 16.7. The van der Waals surface area contributed by atoms with Crippen molar-refractivity contribution in [1.82, 2.24) is 0 Å². The molecule has 0 spiro atoms. The predicted octanol–water partition coefficient (Wildman–Crippen LogP) is 20.6. The van der Waals surface area contributed by atoms with E-state index in [9.17, 15) is 4.79 Å². The van der Waals surface area contributed by atoms with Gasteiger partial charge < -0.3 is 9.47 Å². The summed E-state index contributed by atoms with van der Waals surface area (Å²) in [4.78, 5) is 11.1. The highest BCUT2D eigenvalue weighted by molar-refractivity contribution is 8.35. The minimum Gasteiger partial charge on any atom is -0.493 e. The highest BCUT2D eigenvalue weighted by Crippen LogP contribution is 2.41. The Labute approximate surface area is 489 Å². The number of thioether (sulfide) groups is 4. The Morgan fingerprint density at radius 2 is 0.662 bits per heavy atom. The molecule has 400 valence electrons. The number of hydrogen-bond acceptors (Lipinski definition) is 7. The molecule has 0 unspecified atom stereocenters. The number of ether oxygens (including phenoxy) is 2. The third-order valence-electron chi connectivity index (χ3n) is 14.1. The Bertz CT molecular complexity index is 3770. The number of hydrogen-bond donors (Lipinski definition) is 0. The summed E-state index contributed by atoms with van der Waals surface area (Å²) in [7, 11) is 0. The molecule has 0 atom stereocenters. The van der Waals surface area contributed by atoms with Crippen molar-refractivity contribution >= 4 is 144 Å². The molecule has 80 heavy (non-hydrogen) atoms. The van der Waals surface area contributed by atoms with Crippen LogP contribution < -0.4 is 19.9 Å². The third kappa shape index (κ3) is 15.0. The number of aldehydes is 1. The van der Waals surface area contributed by atoms with Crippen LogP contribution in [0.3, 0.4) is 0 Å². The van der Waals surface area contributed by atoms with Gasteiger partial charge in [0.1, 0.15) is 17.8 Å². The lowest BCUT2D eigenvalue weighted by molar-refractivity contribution is 0.112. The first-order valence-electron chi connectivity index (χ1n) is 27.9. The highest BCUT2D eigenvalue weighted by atomic mass is 32.2. The fourth-order valence-corrected chi connectivity index (χ4v) is 13.5. The normalized spacial score (nSPS) is 13.6. The fourth-order valence-electron chi connectivity index (χ4n) is 9.70. The van der Waals surface area contributed by atoms with Crippen molar-refractivity contribution in [2.45, 2.75) is 65.2 Å². The fraction of sp³-hybridized carbons (Fsp3) is 0.164. The summed E-state index contributed by atoms with van der Waals surface area (Å²) in [6, 6.07) is 53.8. The lowest BCUT2D eigenvalue weighted by Gasteiger charge is -2.15. The quantitative estimate of drug-likeness (QED) is 0.0273. The molecule has 0 amide bonds. The number of benzene rings is 8. The molecule has 8 aromatic carbocycles. The molecule has 0 radical (unpaired) electrons. The van der Waals surface area contributed by atoms with E-state index in [2.05, 4.69) is 224 Å². The molecule has 0 aromatic heterocycles. The van der Waals surface area contributed by atoms with Crippen molar-refractivity contribution in [1.29, 1.82) is 0 Å². The molecule has 0 saturated carbocycles. The van der Waals surface area contributed by atoms with Crippen LogP contribution in [-0.2, 0) is 0 Å². The molecule has 10 rings (SSSR count). The highest BCUT2D eigenvalue weighted by Gasteiger charge is 2.16. The van der Waals surface area contributed by atoms with E-state index in [1.165, 1.54) is 71.7 Å². The van der Waals surface area contributed by atoms with Gasteiger partial charge in [-0.3, -0.25) is 4.79 Å². The van der Waals surface area contributed by atoms with Crippen LogP contribution in [0.5, 0.6) is 11.5 Å². The summed E-state index contributed by atoms with van der Waals surface area (Å²) in [5.74, 6) is 1.71. The van der Waals surface area contributed by atoms with Gasteiger partial charge in [-0.1, -0.05) is 294 Å². The number of rotatable bonds is 23. The van der Waals surface area contributed by atoms with Crippen LogP contribution in [0.25, 0.3) is 90.8 Å². The average molecular weight is 1120 g/mol. The standard InChI is InChI=1S/C73H66O3S4/c1-3-5-7-11-43-75-68-51-63(41-38-59-29-25-55(26-30-59)19-22-57-32-35-61(52-74)36-33-57)69(76-44-12-8-6-4-2)50-62(68)40-37-58-27-23-54(24-28-58)16-15-53-17-20-56(21-18-53)31-34-60-39-42-66-67(49-60)71(73-79-47-48-80-73)65-14-10-9-13-64(65)70(66)72-77-45-46-78-72/h9-10,13-42,45-52H,3-8,11-12,43-44H2,1-2H3/b16-15+,22-19+,34-31+,40-37+,41-38+. The van der Waals surface area contributed by atoms with Crippen LogP contribution in [0.2, 0.25) is 0 Å². The van der Waals surface area contributed by atoms with Crippen LogP contribution in [0.1, 0.15) is 131 Å². The maximum absolute atomic E-state index is 11.1. The zero-order valence-corrected chi connectivity index (χ0v) is 48.8. The maximum Gasteiger partial charge on any atom is 0.150 e. The summed E-state index contributed by atoms with van der Waals surface area (Å²) >= 11 is 7.29. The molecule has 7 heteroatoms. The molecule has 2 aliphatic heterocycles. The predicted molar refractivity (Wildman–Crippen MR) is 358 cm³/mol. The lowest BCUT2D eigenvalue weighted by Crippen LogP contribution is -2.16. The van der Waals surface area contributed by atoms with Gasteiger partial charge in [-0.15, -0.1) is 0 Å². The van der Waals surface area contributed by atoms with Gasteiger partial charge in [0.2, 0.25) is 0 Å². The SMILES string of the molecule is CCCCCCOc1cc(/C=C/c2ccc(/C=C/c3ccc(/C=C/c4ccc5c(=C6SC=CS6)c6ccccc6c(=C6SC=CS6)c5c4)cc3)cc2)c(OCCCCCC)cc1/C=C/c1ccc(/C=C/c2ccc(C=O)cc2)cc1. The monoisotopic (exact) mass is 1120 g/mol. The second-order valence-corrected chi connectivity index (χ2v) is 24.1. The van der Waals surface area contributed by atoms with E-state index in [4.69, 9.17) is 9.47 Å². The topological polar surface area (TPSA) is 35.5 Å². The zero-order valence-electron chi connectivity index (χ0n) is 45.5. The van der Waals surface area contributed by atoms with E-state index in [0.29, 0.717) is 18.8 Å².